The maximum absolute atomic E-state index is 13.0. The van der Waals surface area contributed by atoms with E-state index in [1.54, 1.807) is 12.1 Å². The largest absolute Gasteiger partial charge is 0.346 e. The SMILES string of the molecule is CC(C)[C@H](N)C(=O)NCC(=O)N(CCc1ccc(F)cc1)C1CCCC1.Cl. The number of amides is 2. The van der Waals surface area contributed by atoms with Crippen LogP contribution in [0.3, 0.4) is 0 Å². The molecule has 1 aliphatic rings. The Bertz CT molecular complexity index is 604. The van der Waals surface area contributed by atoms with Gasteiger partial charge in [0.2, 0.25) is 11.8 Å². The van der Waals surface area contributed by atoms with Gasteiger partial charge in [0.05, 0.1) is 12.6 Å². The topological polar surface area (TPSA) is 75.4 Å². The number of nitrogens with two attached hydrogens (primary N) is 1. The van der Waals surface area contributed by atoms with Crippen LogP contribution in [-0.2, 0) is 16.0 Å². The monoisotopic (exact) mass is 399 g/mol. The zero-order valence-corrected chi connectivity index (χ0v) is 16.9. The van der Waals surface area contributed by atoms with Crippen LogP contribution in [0.2, 0.25) is 0 Å². The highest BCUT2D eigenvalue weighted by Gasteiger charge is 2.27. The molecule has 0 heterocycles. The van der Waals surface area contributed by atoms with E-state index in [1.165, 1.54) is 12.1 Å². The maximum Gasteiger partial charge on any atom is 0.242 e. The zero-order valence-electron chi connectivity index (χ0n) is 16.1. The first-order valence-electron chi connectivity index (χ1n) is 9.45. The molecule has 7 heteroatoms. The molecule has 0 bridgehead atoms. The number of hydrogen-bond acceptors (Lipinski definition) is 3. The van der Waals surface area contributed by atoms with Crippen molar-refractivity contribution in [3.63, 3.8) is 0 Å². The Hall–Kier alpha value is -1.66. The van der Waals surface area contributed by atoms with Crippen LogP contribution >= 0.6 is 12.4 Å². The molecule has 152 valence electrons. The lowest BCUT2D eigenvalue weighted by atomic mass is 10.1. The highest BCUT2D eigenvalue weighted by atomic mass is 35.5. The van der Waals surface area contributed by atoms with Crippen LogP contribution in [0.1, 0.15) is 45.1 Å². The molecule has 27 heavy (non-hydrogen) atoms. The van der Waals surface area contributed by atoms with Gasteiger partial charge in [-0.15, -0.1) is 12.4 Å². The number of rotatable bonds is 8. The van der Waals surface area contributed by atoms with Crippen molar-refractivity contribution in [3.05, 3.63) is 35.6 Å². The summed E-state index contributed by atoms with van der Waals surface area (Å²) in [5, 5.41) is 2.67. The third-order valence-electron chi connectivity index (χ3n) is 5.08. The van der Waals surface area contributed by atoms with Gasteiger partial charge in [0, 0.05) is 12.6 Å². The summed E-state index contributed by atoms with van der Waals surface area (Å²) >= 11 is 0. The summed E-state index contributed by atoms with van der Waals surface area (Å²) < 4.78 is 13.0. The Kier molecular flexibility index (Phi) is 9.74. The highest BCUT2D eigenvalue weighted by molar-refractivity contribution is 5.87. The van der Waals surface area contributed by atoms with Crippen LogP contribution in [0.5, 0.6) is 0 Å². The van der Waals surface area contributed by atoms with Crippen molar-refractivity contribution in [1.29, 1.82) is 0 Å². The fourth-order valence-electron chi connectivity index (χ4n) is 3.31. The van der Waals surface area contributed by atoms with E-state index in [0.717, 1.165) is 31.2 Å². The smallest absolute Gasteiger partial charge is 0.242 e. The predicted octanol–water partition coefficient (Wildman–Crippen LogP) is 2.66. The molecule has 0 radical (unpaired) electrons. The Morgan fingerprint density at radius 1 is 1.22 bits per heavy atom. The number of benzene rings is 1. The molecule has 0 aliphatic heterocycles. The minimum Gasteiger partial charge on any atom is -0.346 e. The van der Waals surface area contributed by atoms with Gasteiger partial charge in [0.1, 0.15) is 5.82 Å². The summed E-state index contributed by atoms with van der Waals surface area (Å²) in [5.74, 6) is -0.613. The van der Waals surface area contributed by atoms with Crippen molar-refractivity contribution in [3.8, 4) is 0 Å². The molecule has 0 aromatic heterocycles. The second-order valence-electron chi connectivity index (χ2n) is 7.39. The van der Waals surface area contributed by atoms with Gasteiger partial charge in [-0.3, -0.25) is 9.59 Å². The molecule has 0 saturated heterocycles. The van der Waals surface area contributed by atoms with Crippen molar-refractivity contribution < 1.29 is 14.0 Å². The van der Waals surface area contributed by atoms with Gasteiger partial charge in [-0.25, -0.2) is 4.39 Å². The molecule has 1 saturated carbocycles. The summed E-state index contributed by atoms with van der Waals surface area (Å²) in [4.78, 5) is 26.6. The van der Waals surface area contributed by atoms with E-state index in [9.17, 15) is 14.0 Å². The third kappa shape index (κ3) is 7.11. The number of carbonyl (C=O) groups is 2. The summed E-state index contributed by atoms with van der Waals surface area (Å²) in [5.41, 5.74) is 6.82. The summed E-state index contributed by atoms with van der Waals surface area (Å²) in [6, 6.07) is 5.97. The molecule has 1 atom stereocenters. The Morgan fingerprint density at radius 3 is 2.37 bits per heavy atom. The molecular formula is C20H31ClFN3O2. The van der Waals surface area contributed by atoms with Crippen molar-refractivity contribution >= 4 is 24.2 Å². The van der Waals surface area contributed by atoms with Gasteiger partial charge in [-0.05, 0) is 42.9 Å². The Morgan fingerprint density at radius 2 is 1.81 bits per heavy atom. The number of carbonyl (C=O) groups excluding carboxylic acids is 2. The van der Waals surface area contributed by atoms with Crippen LogP contribution < -0.4 is 11.1 Å². The van der Waals surface area contributed by atoms with Crippen LogP contribution in [-0.4, -0.2) is 41.9 Å². The first-order valence-corrected chi connectivity index (χ1v) is 9.45. The number of nitrogens with zero attached hydrogens (tertiary/aromatic N) is 1. The van der Waals surface area contributed by atoms with Gasteiger partial charge in [0.25, 0.3) is 0 Å². The minimum atomic E-state index is -0.609. The van der Waals surface area contributed by atoms with Gasteiger partial charge in [-0.2, -0.15) is 0 Å². The molecule has 1 aromatic carbocycles. The van der Waals surface area contributed by atoms with Gasteiger partial charge < -0.3 is 16.0 Å². The van der Waals surface area contributed by atoms with E-state index in [2.05, 4.69) is 5.32 Å². The third-order valence-corrected chi connectivity index (χ3v) is 5.08. The van der Waals surface area contributed by atoms with Crippen molar-refractivity contribution in [2.75, 3.05) is 13.1 Å². The quantitative estimate of drug-likeness (QED) is 0.705. The molecule has 0 unspecified atom stereocenters. The first kappa shape index (κ1) is 23.4. The average Bonchev–Trinajstić information content (AvgIpc) is 3.15. The van der Waals surface area contributed by atoms with Gasteiger partial charge in [-0.1, -0.05) is 38.8 Å². The molecule has 1 aliphatic carbocycles. The fraction of sp³-hybridized carbons (Fsp3) is 0.600. The lowest BCUT2D eigenvalue weighted by Crippen LogP contribution is -2.49. The van der Waals surface area contributed by atoms with Crippen molar-refractivity contribution in [2.24, 2.45) is 11.7 Å². The minimum absolute atomic E-state index is 0. The Balaban J connectivity index is 0.00000364. The van der Waals surface area contributed by atoms with Crippen LogP contribution in [0.4, 0.5) is 4.39 Å². The zero-order chi connectivity index (χ0) is 19.1. The van der Waals surface area contributed by atoms with Gasteiger partial charge >= 0.3 is 0 Å². The second kappa shape index (κ2) is 11.2. The molecule has 2 rings (SSSR count). The first-order chi connectivity index (χ1) is 12.4. The molecule has 1 aromatic rings. The van der Waals surface area contributed by atoms with E-state index in [0.29, 0.717) is 13.0 Å². The van der Waals surface area contributed by atoms with E-state index >= 15 is 0 Å². The standard InChI is InChI=1S/C20H30FN3O2.ClH/c1-14(2)19(22)20(26)23-13-18(25)24(17-5-3-4-6-17)12-11-15-7-9-16(21)10-8-15;/h7-10,14,17,19H,3-6,11-13,22H2,1-2H3,(H,23,26);1H/t19-;/m0./s1. The normalized spacial score (nSPS) is 15.3. The summed E-state index contributed by atoms with van der Waals surface area (Å²) in [6.45, 7) is 4.29. The molecular weight excluding hydrogens is 369 g/mol. The summed E-state index contributed by atoms with van der Waals surface area (Å²) in [7, 11) is 0. The van der Waals surface area contributed by atoms with E-state index in [1.807, 2.05) is 18.7 Å². The number of nitrogens with one attached hydrogen (secondary N) is 1. The van der Waals surface area contributed by atoms with Crippen LogP contribution in [0.25, 0.3) is 0 Å². The highest BCUT2D eigenvalue weighted by Crippen LogP contribution is 2.24. The van der Waals surface area contributed by atoms with E-state index in [4.69, 9.17) is 5.73 Å². The average molecular weight is 400 g/mol. The lowest BCUT2D eigenvalue weighted by molar-refractivity contribution is -0.135. The van der Waals surface area contributed by atoms with E-state index in [-0.39, 0.29) is 48.5 Å². The lowest BCUT2D eigenvalue weighted by Gasteiger charge is -2.29. The summed E-state index contributed by atoms with van der Waals surface area (Å²) in [6.07, 6.45) is 4.90. The Labute approximate surface area is 167 Å². The second-order valence-corrected chi connectivity index (χ2v) is 7.39. The van der Waals surface area contributed by atoms with Crippen LogP contribution in [0, 0.1) is 11.7 Å². The molecule has 2 amide bonds. The molecule has 1 fully saturated rings. The van der Waals surface area contributed by atoms with Crippen molar-refractivity contribution in [1.82, 2.24) is 10.2 Å². The van der Waals surface area contributed by atoms with E-state index < -0.39 is 6.04 Å². The van der Waals surface area contributed by atoms with Crippen LogP contribution in [0.15, 0.2) is 24.3 Å². The number of hydrogen-bond donors (Lipinski definition) is 2. The van der Waals surface area contributed by atoms with Crippen molar-refractivity contribution in [2.45, 2.75) is 58.0 Å². The number of halogens is 2. The fourth-order valence-corrected chi connectivity index (χ4v) is 3.31. The molecule has 5 nitrogen and oxygen atoms in total. The van der Waals surface area contributed by atoms with Gasteiger partial charge in [0.15, 0.2) is 0 Å². The molecule has 0 spiro atoms. The predicted molar refractivity (Wildman–Crippen MR) is 107 cm³/mol. The maximum atomic E-state index is 13.0. The molecule has 3 N–H and O–H groups in total.